The lowest BCUT2D eigenvalue weighted by atomic mass is 9.93. The molecule has 2 heterocycles. The molecule has 1 fully saturated rings. The fourth-order valence-electron chi connectivity index (χ4n) is 9.58. The first-order valence-corrected chi connectivity index (χ1v) is 20.4. The van der Waals surface area contributed by atoms with E-state index >= 15 is 0 Å². The average molecular weight is 746 g/mol. The van der Waals surface area contributed by atoms with Gasteiger partial charge < -0.3 is 13.7 Å². The molecule has 0 aliphatic heterocycles. The average Bonchev–Trinajstić information content (AvgIpc) is 3.88. The summed E-state index contributed by atoms with van der Waals surface area (Å²) in [5.74, 6) is 0.842. The summed E-state index contributed by atoms with van der Waals surface area (Å²) >= 11 is 0. The summed E-state index contributed by atoms with van der Waals surface area (Å²) in [5, 5.41) is 4.78. The van der Waals surface area contributed by atoms with E-state index in [1.807, 2.05) is 6.07 Å². The number of fused-ring (bicyclic) bond motifs is 7. The Bertz CT molecular complexity index is 3230. The first-order valence-electron chi connectivity index (χ1n) is 20.4. The lowest BCUT2D eigenvalue weighted by Gasteiger charge is -2.30. The van der Waals surface area contributed by atoms with Crippen LogP contribution in [0.4, 0.5) is 11.4 Å². The smallest absolute Gasteiger partial charge is 0.142 e. The van der Waals surface area contributed by atoms with Gasteiger partial charge in [-0.2, -0.15) is 0 Å². The van der Waals surface area contributed by atoms with Gasteiger partial charge in [-0.05, 0) is 101 Å². The fourth-order valence-corrected chi connectivity index (χ4v) is 9.58. The molecule has 7 aromatic carbocycles. The Balaban J connectivity index is 0.939. The molecule has 0 radical (unpaired) electrons. The Morgan fingerprint density at radius 1 is 0.466 bits per heavy atom. The minimum absolute atomic E-state index is 0.408. The Morgan fingerprint density at radius 2 is 1.05 bits per heavy atom. The molecule has 0 N–H and O–H groups in total. The number of hydrogen-bond acceptors (Lipinski definition) is 3. The van der Waals surface area contributed by atoms with Crippen LogP contribution in [0, 0.1) is 11.8 Å². The highest BCUT2D eigenvalue weighted by Gasteiger charge is 2.47. The van der Waals surface area contributed by atoms with Crippen molar-refractivity contribution in [1.82, 2.24) is 0 Å². The van der Waals surface area contributed by atoms with Crippen LogP contribution in [0.1, 0.15) is 30.4 Å². The van der Waals surface area contributed by atoms with Crippen molar-refractivity contribution in [2.24, 2.45) is 11.8 Å². The maximum absolute atomic E-state index is 6.51. The van der Waals surface area contributed by atoms with E-state index in [4.69, 9.17) is 8.83 Å². The zero-order valence-electron chi connectivity index (χ0n) is 31.9. The van der Waals surface area contributed by atoms with Gasteiger partial charge in [-0.1, -0.05) is 146 Å². The fraction of sp³-hybridized carbons (Fsp3) is 0.0909. The van der Waals surface area contributed by atoms with E-state index in [0.717, 1.165) is 52.8 Å². The second-order valence-electron chi connectivity index (χ2n) is 15.9. The molecule has 9 aromatic rings. The lowest BCUT2D eigenvalue weighted by Crippen LogP contribution is -2.26. The van der Waals surface area contributed by atoms with Gasteiger partial charge in [0.25, 0.3) is 0 Å². The van der Waals surface area contributed by atoms with Crippen LogP contribution in [0.3, 0.4) is 0 Å². The minimum Gasteiger partial charge on any atom is -0.456 e. The number of allylic oxidation sites excluding steroid dienone is 4. The second kappa shape index (κ2) is 13.2. The van der Waals surface area contributed by atoms with Crippen molar-refractivity contribution in [2.45, 2.75) is 19.3 Å². The Labute approximate surface area is 336 Å². The predicted molar refractivity (Wildman–Crippen MR) is 239 cm³/mol. The molecule has 12 rings (SSSR count). The Kier molecular flexibility index (Phi) is 7.56. The third kappa shape index (κ3) is 5.42. The van der Waals surface area contributed by atoms with Crippen LogP contribution in [-0.2, 0) is 0 Å². The van der Waals surface area contributed by atoms with Crippen LogP contribution in [0.15, 0.2) is 197 Å². The normalized spacial score (nSPS) is 17.1. The molecule has 3 aliphatic rings. The molecule has 58 heavy (non-hydrogen) atoms. The predicted octanol–water partition coefficient (Wildman–Crippen LogP) is 13.2. The van der Waals surface area contributed by atoms with Crippen LogP contribution < -0.4 is 15.5 Å². The number of benzene rings is 7. The van der Waals surface area contributed by atoms with Crippen molar-refractivity contribution in [3.63, 3.8) is 0 Å². The zero-order chi connectivity index (χ0) is 38.2. The van der Waals surface area contributed by atoms with Crippen molar-refractivity contribution in [2.75, 3.05) is 4.90 Å². The molecule has 0 spiro atoms. The molecule has 2 aromatic heterocycles. The molecule has 3 heteroatoms. The SMILES string of the molecule is C1=C(c2cccc3c2oc2ccccc23)C2CC2C(N(c2ccc(C3=c4oc5ccccc5c4=CCC3)cc2)c2ccc(-c3ccc(-c4ccccc4)cc3)cc2)=C1. The summed E-state index contributed by atoms with van der Waals surface area (Å²) in [6, 6.07) is 61.1. The van der Waals surface area contributed by atoms with Gasteiger partial charge in [0.1, 0.15) is 22.2 Å². The molecule has 2 unspecified atom stereocenters. The highest BCUT2D eigenvalue weighted by atomic mass is 16.3. The molecular weight excluding hydrogens is 707 g/mol. The van der Waals surface area contributed by atoms with E-state index < -0.39 is 0 Å². The molecule has 1 saturated carbocycles. The first kappa shape index (κ1) is 33.1. The Hall–Kier alpha value is -7.10. The van der Waals surface area contributed by atoms with Crippen molar-refractivity contribution < 1.29 is 8.83 Å². The molecule has 276 valence electrons. The largest absolute Gasteiger partial charge is 0.456 e. The number of anilines is 2. The van der Waals surface area contributed by atoms with E-state index in [0.29, 0.717) is 11.8 Å². The second-order valence-corrected chi connectivity index (χ2v) is 15.9. The van der Waals surface area contributed by atoms with Crippen LogP contribution in [-0.4, -0.2) is 0 Å². The molecule has 0 saturated heterocycles. The highest BCUT2D eigenvalue weighted by molar-refractivity contribution is 6.08. The minimum atomic E-state index is 0.408. The topological polar surface area (TPSA) is 29.5 Å². The van der Waals surface area contributed by atoms with Gasteiger partial charge in [-0.3, -0.25) is 0 Å². The lowest BCUT2D eigenvalue weighted by molar-refractivity contribution is 0.568. The summed E-state index contributed by atoms with van der Waals surface area (Å²) in [6.45, 7) is 0. The molecule has 0 bridgehead atoms. The van der Waals surface area contributed by atoms with Crippen LogP contribution in [0.5, 0.6) is 0 Å². The molecule has 0 amide bonds. The summed E-state index contributed by atoms with van der Waals surface area (Å²) in [4.78, 5) is 2.48. The number of para-hydroxylation sites is 3. The van der Waals surface area contributed by atoms with Crippen molar-refractivity contribution >= 4 is 61.5 Å². The molecule has 2 atom stereocenters. The van der Waals surface area contributed by atoms with Gasteiger partial charge in [0, 0.05) is 55.5 Å². The Morgan fingerprint density at radius 3 is 1.78 bits per heavy atom. The van der Waals surface area contributed by atoms with Gasteiger partial charge in [0.05, 0.1) is 0 Å². The summed E-state index contributed by atoms with van der Waals surface area (Å²) in [5.41, 5.74) is 17.5. The molecule has 3 aliphatic carbocycles. The van der Waals surface area contributed by atoms with Gasteiger partial charge in [0.2, 0.25) is 0 Å². The highest BCUT2D eigenvalue weighted by Crippen LogP contribution is 2.57. The summed E-state index contributed by atoms with van der Waals surface area (Å²) in [6.07, 6.45) is 10.1. The summed E-state index contributed by atoms with van der Waals surface area (Å²) in [7, 11) is 0. The number of hydrogen-bond donors (Lipinski definition) is 0. The summed E-state index contributed by atoms with van der Waals surface area (Å²) < 4.78 is 13.0. The number of furan rings is 2. The van der Waals surface area contributed by atoms with Gasteiger partial charge in [-0.15, -0.1) is 0 Å². The third-order valence-corrected chi connectivity index (χ3v) is 12.6. The van der Waals surface area contributed by atoms with E-state index in [1.165, 1.54) is 71.6 Å². The van der Waals surface area contributed by atoms with Crippen LogP contribution >= 0.6 is 0 Å². The third-order valence-electron chi connectivity index (χ3n) is 12.6. The maximum atomic E-state index is 6.51. The molecular formula is C55H39NO2. The zero-order valence-corrected chi connectivity index (χ0v) is 31.9. The van der Waals surface area contributed by atoms with Gasteiger partial charge in [0.15, 0.2) is 0 Å². The van der Waals surface area contributed by atoms with Crippen molar-refractivity contribution in [3.05, 3.63) is 209 Å². The maximum Gasteiger partial charge on any atom is 0.142 e. The van der Waals surface area contributed by atoms with Crippen molar-refractivity contribution in [1.29, 1.82) is 0 Å². The van der Waals surface area contributed by atoms with Crippen molar-refractivity contribution in [3.8, 4) is 22.3 Å². The quantitative estimate of drug-likeness (QED) is 0.163. The van der Waals surface area contributed by atoms with Crippen LogP contribution in [0.25, 0.3) is 72.4 Å². The number of nitrogens with zero attached hydrogens (tertiary/aromatic N) is 1. The van der Waals surface area contributed by atoms with E-state index in [-0.39, 0.29) is 0 Å². The number of rotatable bonds is 7. The monoisotopic (exact) mass is 745 g/mol. The van der Waals surface area contributed by atoms with E-state index in [9.17, 15) is 0 Å². The standard InChI is InChI=1S/C55H39NO2/c1-2-10-35(11-3-1)36-20-22-37(23-21-36)38-24-28-40(29-25-38)56(41-30-26-39(27-31-41)42-14-8-16-47-44-12-4-6-18-52(44)57-54(42)47)51-33-32-43(49-34-50(49)51)46-15-9-17-48-45-13-5-7-19-53(45)58-55(46)48/h1-7,9-13,15-33,49-50H,8,14,34H2. The van der Waals surface area contributed by atoms with E-state index in [2.05, 4.69) is 187 Å². The van der Waals surface area contributed by atoms with Gasteiger partial charge >= 0.3 is 0 Å². The van der Waals surface area contributed by atoms with E-state index in [1.54, 1.807) is 0 Å². The van der Waals surface area contributed by atoms with Gasteiger partial charge in [-0.25, -0.2) is 0 Å². The molecule has 3 nitrogen and oxygen atoms in total. The van der Waals surface area contributed by atoms with Crippen LogP contribution in [0.2, 0.25) is 0 Å². The first-order chi connectivity index (χ1) is 28.7.